The molecular weight excluding hydrogens is 298 g/mol. The lowest BCUT2D eigenvalue weighted by atomic mass is 10.1. The van der Waals surface area contributed by atoms with E-state index in [1.54, 1.807) is 25.1 Å². The molecule has 0 aromatic heterocycles. The van der Waals surface area contributed by atoms with E-state index in [0.717, 1.165) is 6.07 Å². The molecule has 21 heavy (non-hydrogen) atoms. The van der Waals surface area contributed by atoms with Gasteiger partial charge >= 0.3 is 6.16 Å². The van der Waals surface area contributed by atoms with Crippen LogP contribution in [0.4, 0.5) is 4.79 Å². The third-order valence-corrected chi connectivity index (χ3v) is 3.63. The maximum Gasteiger partial charge on any atom is 0.513 e. The number of hydrogen-bond donors (Lipinski definition) is 2. The number of aromatic hydroxyl groups is 1. The van der Waals surface area contributed by atoms with Crippen LogP contribution >= 0.6 is 0 Å². The molecule has 8 heteroatoms. The summed E-state index contributed by atoms with van der Waals surface area (Å²) in [6.07, 6.45) is -0.978. The van der Waals surface area contributed by atoms with Crippen molar-refractivity contribution in [1.82, 2.24) is 0 Å². The van der Waals surface area contributed by atoms with E-state index >= 15 is 0 Å². The summed E-state index contributed by atoms with van der Waals surface area (Å²) in [7, 11) is -4.18. The Hall–Kier alpha value is -2.32. The number of phenols is 1. The number of rotatable bonds is 3. The number of carbonyl (C=O) groups excluding carboxylic acids is 1. The highest BCUT2D eigenvalue weighted by Gasteiger charge is 2.21. The predicted molar refractivity (Wildman–Crippen MR) is 74.6 cm³/mol. The number of carbonyl (C=O) groups is 1. The molecular formula is C13H13NO6S. The molecule has 7 nitrogen and oxygen atoms in total. The van der Waals surface area contributed by atoms with Crippen molar-refractivity contribution < 1.29 is 27.8 Å². The first-order valence-electron chi connectivity index (χ1n) is 5.96. The van der Waals surface area contributed by atoms with Crippen LogP contribution in [-0.2, 0) is 14.8 Å². The minimum Gasteiger partial charge on any atom is -0.506 e. The minimum atomic E-state index is -4.18. The van der Waals surface area contributed by atoms with Crippen LogP contribution in [0.15, 0.2) is 35.2 Å². The van der Waals surface area contributed by atoms with E-state index in [2.05, 4.69) is 4.74 Å². The summed E-state index contributed by atoms with van der Waals surface area (Å²) in [6.45, 7) is 1.71. The molecule has 0 saturated carbocycles. The quantitative estimate of drug-likeness (QED) is 0.658. The second-order valence-electron chi connectivity index (χ2n) is 4.10. The molecule has 0 fully saturated rings. The molecule has 0 spiro atoms. The van der Waals surface area contributed by atoms with Gasteiger partial charge in [0.05, 0.1) is 6.61 Å². The van der Waals surface area contributed by atoms with Gasteiger partial charge in [-0.2, -0.15) is 0 Å². The van der Waals surface area contributed by atoms with E-state index in [9.17, 15) is 18.3 Å². The first-order chi connectivity index (χ1) is 9.84. The summed E-state index contributed by atoms with van der Waals surface area (Å²) in [5.41, 5.74) is 0. The average molecular weight is 311 g/mol. The van der Waals surface area contributed by atoms with Crippen molar-refractivity contribution in [3.63, 3.8) is 0 Å². The number of ether oxygens (including phenoxy) is 2. The average Bonchev–Trinajstić information content (AvgIpc) is 2.41. The lowest BCUT2D eigenvalue weighted by molar-refractivity contribution is 0.104. The number of benzene rings is 2. The fourth-order valence-electron chi connectivity index (χ4n) is 1.84. The molecule has 3 N–H and O–H groups in total. The van der Waals surface area contributed by atoms with Crippen molar-refractivity contribution in [2.75, 3.05) is 6.61 Å². The van der Waals surface area contributed by atoms with Gasteiger partial charge in [0.2, 0.25) is 10.0 Å². The highest BCUT2D eigenvalue weighted by Crippen LogP contribution is 2.37. The molecule has 0 unspecified atom stereocenters. The zero-order chi connectivity index (χ0) is 15.6. The van der Waals surface area contributed by atoms with E-state index in [0.29, 0.717) is 5.39 Å². The summed E-state index contributed by atoms with van der Waals surface area (Å²) < 4.78 is 32.6. The molecule has 2 rings (SSSR count). The number of hydrogen-bond acceptors (Lipinski definition) is 6. The SMILES string of the molecule is CCOC(=O)Oc1cc(S(N)(=O)=O)c(O)c2ccccc12. The zero-order valence-electron chi connectivity index (χ0n) is 11.1. The van der Waals surface area contributed by atoms with Gasteiger partial charge in [0.25, 0.3) is 0 Å². The largest absolute Gasteiger partial charge is 0.513 e. The van der Waals surface area contributed by atoms with Crippen molar-refractivity contribution in [3.8, 4) is 11.5 Å². The maximum absolute atomic E-state index is 11.5. The maximum atomic E-state index is 11.5. The summed E-state index contributed by atoms with van der Waals surface area (Å²) in [6, 6.07) is 7.29. The van der Waals surface area contributed by atoms with Gasteiger partial charge in [0.15, 0.2) is 0 Å². The van der Waals surface area contributed by atoms with Crippen LogP contribution in [-0.4, -0.2) is 26.3 Å². The molecule has 0 radical (unpaired) electrons. The Morgan fingerprint density at radius 1 is 1.29 bits per heavy atom. The summed E-state index contributed by atoms with van der Waals surface area (Å²) in [4.78, 5) is 10.9. The summed E-state index contributed by atoms with van der Waals surface area (Å²) >= 11 is 0. The zero-order valence-corrected chi connectivity index (χ0v) is 11.9. The number of fused-ring (bicyclic) bond motifs is 1. The Balaban J connectivity index is 2.69. The number of primary sulfonamides is 1. The predicted octanol–water partition coefficient (Wildman–Crippen LogP) is 1.73. The van der Waals surface area contributed by atoms with Gasteiger partial charge in [-0.15, -0.1) is 0 Å². The Morgan fingerprint density at radius 3 is 2.48 bits per heavy atom. The van der Waals surface area contributed by atoms with Gasteiger partial charge in [-0.25, -0.2) is 18.4 Å². The first kappa shape index (κ1) is 15.1. The molecule has 112 valence electrons. The molecule has 0 aliphatic rings. The molecule has 2 aromatic rings. The summed E-state index contributed by atoms with van der Waals surface area (Å²) in [5, 5.41) is 15.6. The monoisotopic (exact) mass is 311 g/mol. The Labute approximate surface area is 120 Å². The summed E-state index contributed by atoms with van der Waals surface area (Å²) in [5.74, 6) is -0.560. The number of phenolic OH excluding ortho intramolecular Hbond substituents is 1. The second kappa shape index (κ2) is 5.58. The topological polar surface area (TPSA) is 116 Å². The molecule has 0 saturated heterocycles. The molecule has 0 atom stereocenters. The lowest BCUT2D eigenvalue weighted by Crippen LogP contribution is -2.14. The van der Waals surface area contributed by atoms with Gasteiger partial charge < -0.3 is 14.6 Å². The van der Waals surface area contributed by atoms with Crippen molar-refractivity contribution in [2.45, 2.75) is 11.8 Å². The van der Waals surface area contributed by atoms with Gasteiger partial charge in [-0.1, -0.05) is 24.3 Å². The Morgan fingerprint density at radius 2 is 1.90 bits per heavy atom. The van der Waals surface area contributed by atoms with E-state index in [1.165, 1.54) is 6.07 Å². The Bertz CT molecular complexity index is 800. The van der Waals surface area contributed by atoms with E-state index < -0.39 is 26.8 Å². The minimum absolute atomic E-state index is 0.0640. The van der Waals surface area contributed by atoms with Crippen LogP contribution < -0.4 is 9.88 Å². The van der Waals surface area contributed by atoms with E-state index in [-0.39, 0.29) is 17.7 Å². The fraction of sp³-hybridized carbons (Fsp3) is 0.154. The van der Waals surface area contributed by atoms with Crippen LogP contribution in [0.2, 0.25) is 0 Å². The third-order valence-electron chi connectivity index (χ3n) is 2.71. The van der Waals surface area contributed by atoms with Gasteiger partial charge in [-0.05, 0) is 6.92 Å². The van der Waals surface area contributed by atoms with Gasteiger partial charge in [0.1, 0.15) is 16.4 Å². The molecule has 0 heterocycles. The highest BCUT2D eigenvalue weighted by molar-refractivity contribution is 7.89. The van der Waals surface area contributed by atoms with Crippen molar-refractivity contribution in [3.05, 3.63) is 30.3 Å². The standard InChI is InChI=1S/C13H13NO6S/c1-2-19-13(16)20-10-7-11(21(14,17)18)12(15)9-6-4-3-5-8(9)10/h3-7,15H,2H2,1H3,(H2,14,17,18). The molecule has 0 bridgehead atoms. The van der Waals surface area contributed by atoms with Crippen LogP contribution in [0.3, 0.4) is 0 Å². The fourth-order valence-corrected chi connectivity index (χ4v) is 2.49. The third kappa shape index (κ3) is 3.06. The molecule has 2 aromatic carbocycles. The lowest BCUT2D eigenvalue weighted by Gasteiger charge is -2.11. The van der Waals surface area contributed by atoms with Crippen LogP contribution in [0.1, 0.15) is 6.92 Å². The van der Waals surface area contributed by atoms with Crippen molar-refractivity contribution in [2.24, 2.45) is 5.14 Å². The van der Waals surface area contributed by atoms with Crippen molar-refractivity contribution in [1.29, 1.82) is 0 Å². The van der Waals surface area contributed by atoms with Gasteiger partial charge in [0, 0.05) is 16.8 Å². The van der Waals surface area contributed by atoms with Crippen LogP contribution in [0.5, 0.6) is 11.5 Å². The number of sulfonamides is 1. The molecule has 0 amide bonds. The Kier molecular flexibility index (Phi) is 4.01. The van der Waals surface area contributed by atoms with Gasteiger partial charge in [-0.3, -0.25) is 0 Å². The van der Waals surface area contributed by atoms with E-state index in [4.69, 9.17) is 9.88 Å². The smallest absolute Gasteiger partial charge is 0.506 e. The van der Waals surface area contributed by atoms with Crippen LogP contribution in [0, 0.1) is 0 Å². The normalized spacial score (nSPS) is 11.3. The molecule has 0 aliphatic carbocycles. The number of nitrogens with two attached hydrogens (primary N) is 1. The highest BCUT2D eigenvalue weighted by atomic mass is 32.2. The first-order valence-corrected chi connectivity index (χ1v) is 7.51. The van der Waals surface area contributed by atoms with E-state index in [1.807, 2.05) is 0 Å². The van der Waals surface area contributed by atoms with Crippen molar-refractivity contribution >= 4 is 27.0 Å². The molecule has 0 aliphatic heterocycles. The van der Waals surface area contributed by atoms with Crippen LogP contribution in [0.25, 0.3) is 10.8 Å². The second-order valence-corrected chi connectivity index (χ2v) is 5.63.